The van der Waals surface area contributed by atoms with Crippen molar-refractivity contribution < 1.29 is 4.79 Å². The molecule has 1 atom stereocenters. The van der Waals surface area contributed by atoms with Crippen LogP contribution in [0.15, 0.2) is 42.5 Å². The molecule has 25 heavy (non-hydrogen) atoms. The maximum absolute atomic E-state index is 12.8. The summed E-state index contributed by atoms with van der Waals surface area (Å²) in [5, 5.41) is 3.15. The van der Waals surface area contributed by atoms with Gasteiger partial charge in [0.25, 0.3) is 0 Å². The van der Waals surface area contributed by atoms with Crippen molar-refractivity contribution in [2.75, 3.05) is 18.4 Å². The summed E-state index contributed by atoms with van der Waals surface area (Å²) in [5.74, 6) is 0.223. The molecule has 1 fully saturated rings. The summed E-state index contributed by atoms with van der Waals surface area (Å²) in [6.45, 7) is 9.09. The minimum Gasteiger partial charge on any atom is -0.326 e. The molecule has 0 radical (unpaired) electrons. The smallest absolute Gasteiger partial charge is 0.228 e. The zero-order chi connectivity index (χ0) is 17.8. The fourth-order valence-electron chi connectivity index (χ4n) is 3.55. The highest BCUT2D eigenvalue weighted by Crippen LogP contribution is 2.23. The van der Waals surface area contributed by atoms with E-state index in [9.17, 15) is 4.79 Å². The first-order valence-corrected chi connectivity index (χ1v) is 9.18. The maximum Gasteiger partial charge on any atom is 0.228 e. The number of amides is 1. The molecule has 1 aliphatic rings. The van der Waals surface area contributed by atoms with Gasteiger partial charge in [0.2, 0.25) is 5.91 Å². The molecule has 1 N–H and O–H groups in total. The highest BCUT2D eigenvalue weighted by molar-refractivity contribution is 5.93. The molecule has 1 amide bonds. The Morgan fingerprint density at radius 2 is 1.92 bits per heavy atom. The van der Waals surface area contributed by atoms with Crippen LogP contribution in [0.5, 0.6) is 0 Å². The van der Waals surface area contributed by atoms with Gasteiger partial charge in [-0.3, -0.25) is 9.69 Å². The summed E-state index contributed by atoms with van der Waals surface area (Å²) < 4.78 is 0. The van der Waals surface area contributed by atoms with Gasteiger partial charge in [0.15, 0.2) is 0 Å². The standard InChI is InChI=1S/C22H28N2O/c1-16-10-11-18(3)21(13-16)23-22(25)20-9-6-12-24(15-20)14-19-8-5-4-7-17(19)2/h4-5,7-8,10-11,13,20H,6,9,12,14-15H2,1-3H3,(H,23,25). The first kappa shape index (κ1) is 17.7. The van der Waals surface area contributed by atoms with Gasteiger partial charge < -0.3 is 5.32 Å². The first-order chi connectivity index (χ1) is 12.0. The molecule has 2 aromatic rings. The maximum atomic E-state index is 12.8. The number of likely N-dealkylation sites (tertiary alicyclic amines) is 1. The summed E-state index contributed by atoms with van der Waals surface area (Å²) in [4.78, 5) is 15.2. The number of hydrogen-bond acceptors (Lipinski definition) is 2. The lowest BCUT2D eigenvalue weighted by Gasteiger charge is -2.32. The molecule has 1 saturated heterocycles. The van der Waals surface area contributed by atoms with Gasteiger partial charge in [-0.15, -0.1) is 0 Å². The molecular weight excluding hydrogens is 308 g/mol. The number of aryl methyl sites for hydroxylation is 3. The second-order valence-corrected chi connectivity index (χ2v) is 7.31. The van der Waals surface area contributed by atoms with E-state index in [0.29, 0.717) is 0 Å². The molecule has 2 aromatic carbocycles. The molecule has 1 aliphatic heterocycles. The molecule has 0 saturated carbocycles. The lowest BCUT2D eigenvalue weighted by Crippen LogP contribution is -2.40. The lowest BCUT2D eigenvalue weighted by atomic mass is 9.96. The SMILES string of the molecule is Cc1ccc(C)c(NC(=O)C2CCCN(Cc3ccccc3C)C2)c1. The molecule has 132 valence electrons. The van der Waals surface area contributed by atoms with E-state index in [1.54, 1.807) is 0 Å². The first-order valence-electron chi connectivity index (χ1n) is 9.18. The Kier molecular flexibility index (Phi) is 5.54. The zero-order valence-electron chi connectivity index (χ0n) is 15.5. The summed E-state index contributed by atoms with van der Waals surface area (Å²) in [7, 11) is 0. The van der Waals surface area contributed by atoms with Crippen molar-refractivity contribution in [2.45, 2.75) is 40.2 Å². The van der Waals surface area contributed by atoms with Crippen LogP contribution >= 0.6 is 0 Å². The van der Waals surface area contributed by atoms with E-state index in [-0.39, 0.29) is 11.8 Å². The van der Waals surface area contributed by atoms with Crippen molar-refractivity contribution in [2.24, 2.45) is 5.92 Å². The Morgan fingerprint density at radius 1 is 1.12 bits per heavy atom. The molecular formula is C22H28N2O. The van der Waals surface area contributed by atoms with Crippen molar-refractivity contribution in [3.05, 3.63) is 64.7 Å². The Hall–Kier alpha value is -2.13. The monoisotopic (exact) mass is 336 g/mol. The quantitative estimate of drug-likeness (QED) is 0.894. The third kappa shape index (κ3) is 4.49. The van der Waals surface area contributed by atoms with Gasteiger partial charge >= 0.3 is 0 Å². The predicted molar refractivity (Wildman–Crippen MR) is 104 cm³/mol. The lowest BCUT2D eigenvalue weighted by molar-refractivity contribution is -0.121. The van der Waals surface area contributed by atoms with Crippen molar-refractivity contribution >= 4 is 11.6 Å². The van der Waals surface area contributed by atoms with Crippen LogP contribution in [0.1, 0.15) is 35.1 Å². The van der Waals surface area contributed by atoms with Crippen molar-refractivity contribution in [3.8, 4) is 0 Å². The number of hydrogen-bond donors (Lipinski definition) is 1. The summed E-state index contributed by atoms with van der Waals surface area (Å²) >= 11 is 0. The number of carbonyl (C=O) groups excluding carboxylic acids is 1. The Bertz CT molecular complexity index is 753. The van der Waals surface area contributed by atoms with Crippen LogP contribution in [0, 0.1) is 26.7 Å². The van der Waals surface area contributed by atoms with Gasteiger partial charge in [0, 0.05) is 18.8 Å². The summed E-state index contributed by atoms with van der Waals surface area (Å²) in [5.41, 5.74) is 5.92. The van der Waals surface area contributed by atoms with Crippen LogP contribution in [-0.4, -0.2) is 23.9 Å². The van der Waals surface area contributed by atoms with Crippen molar-refractivity contribution in [3.63, 3.8) is 0 Å². The number of anilines is 1. The Labute approximate surface area is 151 Å². The van der Waals surface area contributed by atoms with E-state index in [1.165, 1.54) is 16.7 Å². The van der Waals surface area contributed by atoms with Crippen LogP contribution < -0.4 is 5.32 Å². The number of nitrogens with one attached hydrogen (secondary N) is 1. The van der Waals surface area contributed by atoms with Gasteiger partial charge in [0.05, 0.1) is 5.92 Å². The number of benzene rings is 2. The van der Waals surface area contributed by atoms with E-state index in [0.717, 1.165) is 43.7 Å². The minimum absolute atomic E-state index is 0.0673. The van der Waals surface area contributed by atoms with Crippen LogP contribution in [0.2, 0.25) is 0 Å². The Morgan fingerprint density at radius 3 is 2.72 bits per heavy atom. The molecule has 1 unspecified atom stereocenters. The van der Waals surface area contributed by atoms with E-state index in [2.05, 4.69) is 66.5 Å². The second kappa shape index (κ2) is 7.83. The van der Waals surface area contributed by atoms with Crippen molar-refractivity contribution in [1.82, 2.24) is 4.90 Å². The van der Waals surface area contributed by atoms with Gasteiger partial charge in [0.1, 0.15) is 0 Å². The summed E-state index contributed by atoms with van der Waals surface area (Å²) in [6.07, 6.45) is 2.05. The van der Waals surface area contributed by atoms with Gasteiger partial charge in [-0.05, 0) is 68.5 Å². The fourth-order valence-corrected chi connectivity index (χ4v) is 3.55. The van der Waals surface area contributed by atoms with Gasteiger partial charge in [-0.2, -0.15) is 0 Å². The largest absolute Gasteiger partial charge is 0.326 e. The third-order valence-corrected chi connectivity index (χ3v) is 5.18. The number of piperidine rings is 1. The Balaban J connectivity index is 1.63. The number of nitrogens with zero attached hydrogens (tertiary/aromatic N) is 1. The van der Waals surface area contributed by atoms with Crippen LogP contribution in [0.25, 0.3) is 0 Å². The molecule has 0 bridgehead atoms. The molecule has 3 heteroatoms. The van der Waals surface area contributed by atoms with E-state index in [4.69, 9.17) is 0 Å². The normalized spacial score (nSPS) is 18.1. The highest BCUT2D eigenvalue weighted by atomic mass is 16.1. The van der Waals surface area contributed by atoms with Crippen LogP contribution in [-0.2, 0) is 11.3 Å². The molecule has 0 aliphatic carbocycles. The molecule has 0 spiro atoms. The minimum atomic E-state index is 0.0673. The van der Waals surface area contributed by atoms with Gasteiger partial charge in [-0.25, -0.2) is 0 Å². The predicted octanol–water partition coefficient (Wildman–Crippen LogP) is 4.46. The van der Waals surface area contributed by atoms with Gasteiger partial charge in [-0.1, -0.05) is 36.4 Å². The number of carbonyl (C=O) groups is 1. The highest BCUT2D eigenvalue weighted by Gasteiger charge is 2.26. The molecule has 0 aromatic heterocycles. The second-order valence-electron chi connectivity index (χ2n) is 7.31. The van der Waals surface area contributed by atoms with Crippen LogP contribution in [0.4, 0.5) is 5.69 Å². The van der Waals surface area contributed by atoms with E-state index in [1.807, 2.05) is 6.92 Å². The molecule has 3 rings (SSSR count). The summed E-state index contributed by atoms with van der Waals surface area (Å²) in [6, 6.07) is 14.7. The van der Waals surface area contributed by atoms with E-state index >= 15 is 0 Å². The molecule has 3 nitrogen and oxygen atoms in total. The average Bonchev–Trinajstić information content (AvgIpc) is 2.60. The average molecular weight is 336 g/mol. The van der Waals surface area contributed by atoms with Crippen LogP contribution in [0.3, 0.4) is 0 Å². The van der Waals surface area contributed by atoms with E-state index < -0.39 is 0 Å². The molecule has 1 heterocycles. The third-order valence-electron chi connectivity index (χ3n) is 5.18. The topological polar surface area (TPSA) is 32.3 Å². The zero-order valence-corrected chi connectivity index (χ0v) is 15.5. The van der Waals surface area contributed by atoms with Crippen molar-refractivity contribution in [1.29, 1.82) is 0 Å². The number of rotatable bonds is 4. The fraction of sp³-hybridized carbons (Fsp3) is 0.409.